The fraction of sp³-hybridized carbons (Fsp3) is 0.974. The van der Waals surface area contributed by atoms with Gasteiger partial charge in [0.05, 0.1) is 5.92 Å². The van der Waals surface area contributed by atoms with Crippen molar-refractivity contribution in [3.8, 4) is 0 Å². The van der Waals surface area contributed by atoms with Crippen molar-refractivity contribution in [1.29, 1.82) is 0 Å². The highest BCUT2D eigenvalue weighted by molar-refractivity contribution is 5.73. The average molecular weight is 659 g/mol. The number of hydrogen-bond donors (Lipinski definition) is 0. The van der Waals surface area contributed by atoms with E-state index in [0.717, 1.165) is 43.8 Å². The number of rotatable bonds is 7. The lowest BCUT2D eigenvalue weighted by molar-refractivity contribution is -0.161. The summed E-state index contributed by atoms with van der Waals surface area (Å²) in [4.78, 5) is 28.5. The summed E-state index contributed by atoms with van der Waals surface area (Å²) in [5, 5.41) is 0. The van der Waals surface area contributed by atoms with Crippen LogP contribution in [0.4, 0.5) is 0 Å². The van der Waals surface area contributed by atoms with Gasteiger partial charge in [-0.3, -0.25) is 24.4 Å². The molecule has 0 atom stereocenters. The van der Waals surface area contributed by atoms with Crippen LogP contribution in [0.15, 0.2) is 0 Å². The largest absolute Gasteiger partial charge is 0.460 e. The van der Waals surface area contributed by atoms with E-state index in [-0.39, 0.29) is 17.5 Å². The van der Waals surface area contributed by atoms with Crippen LogP contribution in [0.2, 0.25) is 0 Å². The maximum absolute atomic E-state index is 12.3. The topological polar surface area (TPSA) is 45.7 Å². The molecule has 6 rings (SSSR count). The molecule has 6 fully saturated rings. The molecule has 0 bridgehead atoms. The van der Waals surface area contributed by atoms with Gasteiger partial charge < -0.3 is 14.5 Å². The number of piperazine rings is 2. The number of hydrogen-bond acceptors (Lipinski definition) is 8. The number of likely N-dealkylation sites (tertiary alicyclic amines) is 2. The lowest BCUT2D eigenvalue weighted by Gasteiger charge is -2.45. The highest BCUT2D eigenvalue weighted by Gasteiger charge is 2.35. The third-order valence-electron chi connectivity index (χ3n) is 12.8. The van der Waals surface area contributed by atoms with E-state index in [9.17, 15) is 4.79 Å². The summed E-state index contributed by atoms with van der Waals surface area (Å²) in [6.07, 6.45) is 17.1. The standard InChI is InChI=1S/C22H41N3O2.C17H33N3/c1-5-23-12-10-20(11-13-23)25-16-14-24(15-17-25)19-8-6-18(7-9-19)21(26)27-22(2,3)4;1-2-18-10-8-17(9-11-18)20-14-12-19(13-15-20)16-6-4-3-5-7-16/h18-20H,5-17H2,1-4H3;16-17H,2-15H2,1H3. The van der Waals surface area contributed by atoms with Gasteiger partial charge in [0.15, 0.2) is 0 Å². The van der Waals surface area contributed by atoms with Crippen LogP contribution in [0, 0.1) is 5.92 Å². The van der Waals surface area contributed by atoms with Gasteiger partial charge >= 0.3 is 5.97 Å². The maximum Gasteiger partial charge on any atom is 0.309 e. The van der Waals surface area contributed by atoms with Crippen molar-refractivity contribution in [3.05, 3.63) is 0 Å². The van der Waals surface area contributed by atoms with Crippen LogP contribution in [-0.4, -0.2) is 157 Å². The molecule has 272 valence electrons. The number of carbonyl (C=O) groups is 1. The zero-order chi connectivity index (χ0) is 33.2. The van der Waals surface area contributed by atoms with Crippen molar-refractivity contribution in [2.24, 2.45) is 5.92 Å². The third kappa shape index (κ3) is 11.4. The van der Waals surface area contributed by atoms with Gasteiger partial charge in [-0.2, -0.15) is 0 Å². The van der Waals surface area contributed by atoms with Crippen LogP contribution in [0.3, 0.4) is 0 Å². The van der Waals surface area contributed by atoms with Crippen molar-refractivity contribution in [1.82, 2.24) is 29.4 Å². The summed E-state index contributed by atoms with van der Waals surface area (Å²) < 4.78 is 5.59. The molecule has 2 aliphatic carbocycles. The Hall–Kier alpha value is -0.770. The molecule has 6 aliphatic rings. The molecule has 0 aromatic carbocycles. The first kappa shape index (κ1) is 37.5. The minimum Gasteiger partial charge on any atom is -0.460 e. The quantitative estimate of drug-likeness (QED) is 0.337. The van der Waals surface area contributed by atoms with Crippen LogP contribution in [0.5, 0.6) is 0 Å². The molecule has 0 aromatic heterocycles. The Morgan fingerprint density at radius 3 is 1.17 bits per heavy atom. The molecular weight excluding hydrogens is 584 g/mol. The lowest BCUT2D eigenvalue weighted by Crippen LogP contribution is -2.55. The Kier molecular flexibility index (Phi) is 14.7. The van der Waals surface area contributed by atoms with E-state index in [0.29, 0.717) is 6.04 Å². The molecule has 8 heteroatoms. The van der Waals surface area contributed by atoms with E-state index in [1.54, 1.807) is 0 Å². The molecule has 0 unspecified atom stereocenters. The first-order valence-corrected chi connectivity index (χ1v) is 20.4. The van der Waals surface area contributed by atoms with Crippen LogP contribution in [-0.2, 0) is 9.53 Å². The first-order chi connectivity index (χ1) is 22.7. The second-order valence-corrected chi connectivity index (χ2v) is 16.8. The molecule has 0 radical (unpaired) electrons. The number of carbonyl (C=O) groups excluding carboxylic acids is 1. The molecular formula is C39H74N6O2. The number of piperidine rings is 2. The SMILES string of the molecule is CCN1CCC(N2CCN(C3CCC(C(=O)OC(C)(C)C)CC3)CC2)CC1.CCN1CCC(N2CCN(C3CCCCC3)CC2)CC1. The molecule has 4 saturated heterocycles. The van der Waals surface area contributed by atoms with E-state index in [1.807, 2.05) is 20.8 Å². The molecule has 4 heterocycles. The highest BCUT2D eigenvalue weighted by Crippen LogP contribution is 2.31. The summed E-state index contributed by atoms with van der Waals surface area (Å²) in [5.74, 6) is 0.134. The lowest BCUT2D eigenvalue weighted by atomic mass is 9.85. The Morgan fingerprint density at radius 1 is 0.489 bits per heavy atom. The minimum atomic E-state index is -0.364. The molecule has 2 saturated carbocycles. The molecule has 0 spiro atoms. The van der Waals surface area contributed by atoms with Gasteiger partial charge in [-0.15, -0.1) is 0 Å². The van der Waals surface area contributed by atoms with Crippen molar-refractivity contribution in [3.63, 3.8) is 0 Å². The van der Waals surface area contributed by atoms with E-state index in [1.165, 1.54) is 149 Å². The van der Waals surface area contributed by atoms with Crippen LogP contribution < -0.4 is 0 Å². The number of esters is 1. The summed E-state index contributed by atoms with van der Waals surface area (Å²) in [6, 6.07) is 3.28. The van der Waals surface area contributed by atoms with E-state index in [4.69, 9.17) is 4.74 Å². The molecule has 8 nitrogen and oxygen atoms in total. The Balaban J connectivity index is 0.000000193. The van der Waals surface area contributed by atoms with E-state index < -0.39 is 0 Å². The van der Waals surface area contributed by atoms with Crippen molar-refractivity contribution >= 4 is 5.97 Å². The zero-order valence-electron chi connectivity index (χ0n) is 31.5. The van der Waals surface area contributed by atoms with Crippen LogP contribution in [0.1, 0.15) is 118 Å². The number of ether oxygens (including phenoxy) is 1. The molecule has 4 aliphatic heterocycles. The summed E-state index contributed by atoms with van der Waals surface area (Å²) in [5.41, 5.74) is -0.364. The summed E-state index contributed by atoms with van der Waals surface area (Å²) in [7, 11) is 0. The number of nitrogens with zero attached hydrogens (tertiary/aromatic N) is 6. The monoisotopic (exact) mass is 659 g/mol. The summed E-state index contributed by atoms with van der Waals surface area (Å²) in [6.45, 7) is 28.3. The third-order valence-corrected chi connectivity index (χ3v) is 12.8. The van der Waals surface area contributed by atoms with Gasteiger partial charge in [-0.05, 0) is 124 Å². The second kappa shape index (κ2) is 18.5. The molecule has 0 N–H and O–H groups in total. The maximum atomic E-state index is 12.3. The van der Waals surface area contributed by atoms with E-state index >= 15 is 0 Å². The van der Waals surface area contributed by atoms with Crippen LogP contribution >= 0.6 is 0 Å². The fourth-order valence-corrected chi connectivity index (χ4v) is 9.64. The summed E-state index contributed by atoms with van der Waals surface area (Å²) >= 11 is 0. The minimum absolute atomic E-state index is 0.0178. The Labute approximate surface area is 289 Å². The Bertz CT molecular complexity index is 882. The van der Waals surface area contributed by atoms with E-state index in [2.05, 4.69) is 43.2 Å². The van der Waals surface area contributed by atoms with Crippen molar-refractivity contribution in [2.75, 3.05) is 91.6 Å². The van der Waals surface area contributed by atoms with Crippen molar-refractivity contribution < 1.29 is 9.53 Å². The molecule has 0 aromatic rings. The van der Waals surface area contributed by atoms with Gasteiger partial charge in [0.2, 0.25) is 0 Å². The van der Waals surface area contributed by atoms with Gasteiger partial charge in [-0.25, -0.2) is 0 Å². The second-order valence-electron chi connectivity index (χ2n) is 16.8. The highest BCUT2D eigenvalue weighted by atomic mass is 16.6. The van der Waals surface area contributed by atoms with Gasteiger partial charge in [0, 0.05) is 76.5 Å². The van der Waals surface area contributed by atoms with Crippen LogP contribution in [0.25, 0.3) is 0 Å². The predicted molar refractivity (Wildman–Crippen MR) is 195 cm³/mol. The van der Waals surface area contributed by atoms with Crippen molar-refractivity contribution in [2.45, 2.75) is 148 Å². The first-order valence-electron chi connectivity index (χ1n) is 20.4. The fourth-order valence-electron chi connectivity index (χ4n) is 9.64. The average Bonchev–Trinajstić information content (AvgIpc) is 3.12. The predicted octanol–water partition coefficient (Wildman–Crippen LogP) is 5.41. The zero-order valence-corrected chi connectivity index (χ0v) is 31.5. The molecule has 0 amide bonds. The van der Waals surface area contributed by atoms with Gasteiger partial charge in [0.25, 0.3) is 0 Å². The smallest absolute Gasteiger partial charge is 0.309 e. The normalized spacial score (nSPS) is 30.1. The Morgan fingerprint density at radius 2 is 0.830 bits per heavy atom. The van der Waals surface area contributed by atoms with Gasteiger partial charge in [0.1, 0.15) is 5.60 Å². The molecule has 47 heavy (non-hydrogen) atoms. The van der Waals surface area contributed by atoms with Gasteiger partial charge in [-0.1, -0.05) is 33.1 Å².